The molecule has 0 radical (unpaired) electrons. The molecular weight excluding hydrogens is 382 g/mol. The Morgan fingerprint density at radius 3 is 2.14 bits per heavy atom. The van der Waals surface area contributed by atoms with E-state index in [9.17, 15) is 18.4 Å². The summed E-state index contributed by atoms with van der Waals surface area (Å²) < 4.78 is 32.1. The average molecular weight is 410 g/mol. The van der Waals surface area contributed by atoms with Gasteiger partial charge in [0.1, 0.15) is 11.6 Å². The Bertz CT molecular complexity index is 734. The topological polar surface area (TPSA) is 65.1 Å². The van der Waals surface area contributed by atoms with Gasteiger partial charge in [-0.15, -0.1) is 0 Å². The Labute approximate surface area is 169 Å². The van der Waals surface area contributed by atoms with Crippen molar-refractivity contribution in [3.05, 3.63) is 29.8 Å². The number of carbonyl (C=O) groups is 2. The van der Waals surface area contributed by atoms with Gasteiger partial charge in [-0.2, -0.15) is 0 Å². The predicted octanol–water partition coefficient (Wildman–Crippen LogP) is 1.16. The number of anilines is 1. The highest BCUT2D eigenvalue weighted by atomic mass is 19.1. The van der Waals surface area contributed by atoms with Crippen LogP contribution in [0.25, 0.3) is 0 Å². The summed E-state index contributed by atoms with van der Waals surface area (Å²) in [5.41, 5.74) is -0.0355. The standard InChI is InChI=1S/C20H28F2N4O3/c1-14(19(27)23-18-4-3-16(21)13-17(18)22)24-5-7-25(8-6-24)15(2)20(28)26-9-11-29-12-10-26/h3-4,13-15H,5-12H2,1-2H3,(H,23,27). The number of amides is 2. The number of rotatable bonds is 5. The summed E-state index contributed by atoms with van der Waals surface area (Å²) >= 11 is 0. The Kier molecular flexibility index (Phi) is 7.15. The molecule has 2 amide bonds. The van der Waals surface area contributed by atoms with E-state index in [0.29, 0.717) is 52.5 Å². The molecule has 1 N–H and O–H groups in total. The van der Waals surface area contributed by atoms with E-state index in [0.717, 1.165) is 12.1 Å². The first-order valence-electron chi connectivity index (χ1n) is 9.97. The predicted molar refractivity (Wildman–Crippen MR) is 104 cm³/mol. The summed E-state index contributed by atoms with van der Waals surface area (Å²) in [4.78, 5) is 31.1. The third-order valence-corrected chi connectivity index (χ3v) is 5.69. The molecule has 2 saturated heterocycles. The van der Waals surface area contributed by atoms with Crippen molar-refractivity contribution in [3.63, 3.8) is 0 Å². The molecule has 0 saturated carbocycles. The average Bonchev–Trinajstić information content (AvgIpc) is 2.74. The van der Waals surface area contributed by atoms with Crippen LogP contribution in [-0.2, 0) is 14.3 Å². The highest BCUT2D eigenvalue weighted by Gasteiger charge is 2.32. The lowest BCUT2D eigenvalue weighted by atomic mass is 10.1. The second-order valence-electron chi connectivity index (χ2n) is 7.47. The van der Waals surface area contributed by atoms with Gasteiger partial charge in [-0.05, 0) is 26.0 Å². The Balaban J connectivity index is 1.50. The number of nitrogens with one attached hydrogen (secondary N) is 1. The number of carbonyl (C=O) groups excluding carboxylic acids is 2. The maximum Gasteiger partial charge on any atom is 0.241 e. The molecule has 29 heavy (non-hydrogen) atoms. The van der Waals surface area contributed by atoms with Gasteiger partial charge in [-0.1, -0.05) is 0 Å². The monoisotopic (exact) mass is 410 g/mol. The SMILES string of the molecule is CC(C(=O)Nc1ccc(F)cc1F)N1CCN(C(C)C(=O)N2CCOCC2)CC1. The van der Waals surface area contributed by atoms with Crippen molar-refractivity contribution in [2.45, 2.75) is 25.9 Å². The summed E-state index contributed by atoms with van der Waals surface area (Å²) in [7, 11) is 0. The summed E-state index contributed by atoms with van der Waals surface area (Å²) in [5, 5.41) is 2.52. The maximum atomic E-state index is 13.8. The molecule has 2 atom stereocenters. The van der Waals surface area contributed by atoms with Crippen LogP contribution in [0.5, 0.6) is 0 Å². The van der Waals surface area contributed by atoms with Gasteiger partial charge in [-0.25, -0.2) is 8.78 Å². The Morgan fingerprint density at radius 1 is 0.966 bits per heavy atom. The van der Waals surface area contributed by atoms with Crippen molar-refractivity contribution in [1.29, 1.82) is 0 Å². The third-order valence-electron chi connectivity index (χ3n) is 5.69. The van der Waals surface area contributed by atoms with Gasteiger partial charge in [0.05, 0.1) is 31.0 Å². The molecule has 0 spiro atoms. The van der Waals surface area contributed by atoms with E-state index in [1.54, 1.807) is 6.92 Å². The van der Waals surface area contributed by atoms with Crippen LogP contribution >= 0.6 is 0 Å². The van der Waals surface area contributed by atoms with Crippen LogP contribution in [0.1, 0.15) is 13.8 Å². The van der Waals surface area contributed by atoms with Crippen LogP contribution in [0.15, 0.2) is 18.2 Å². The largest absolute Gasteiger partial charge is 0.378 e. The van der Waals surface area contributed by atoms with Crippen LogP contribution in [0, 0.1) is 11.6 Å². The summed E-state index contributed by atoms with van der Waals surface area (Å²) in [6.07, 6.45) is 0. The number of morpholine rings is 1. The second-order valence-corrected chi connectivity index (χ2v) is 7.47. The van der Waals surface area contributed by atoms with Gasteiger partial charge in [0.2, 0.25) is 11.8 Å². The van der Waals surface area contributed by atoms with Crippen molar-refractivity contribution >= 4 is 17.5 Å². The molecule has 2 heterocycles. The fourth-order valence-corrected chi connectivity index (χ4v) is 3.71. The first kappa shape index (κ1) is 21.6. The van der Waals surface area contributed by atoms with E-state index in [1.165, 1.54) is 6.07 Å². The number of halogens is 2. The summed E-state index contributed by atoms with van der Waals surface area (Å²) in [5.74, 6) is -1.73. The molecule has 7 nitrogen and oxygen atoms in total. The number of hydrogen-bond donors (Lipinski definition) is 1. The van der Waals surface area contributed by atoms with E-state index in [-0.39, 0.29) is 23.5 Å². The number of ether oxygens (including phenoxy) is 1. The van der Waals surface area contributed by atoms with E-state index in [1.807, 2.05) is 16.7 Å². The van der Waals surface area contributed by atoms with Crippen LogP contribution in [0.2, 0.25) is 0 Å². The lowest BCUT2D eigenvalue weighted by Crippen LogP contribution is -2.58. The molecule has 160 valence electrons. The molecule has 0 aliphatic carbocycles. The molecule has 2 unspecified atom stereocenters. The van der Waals surface area contributed by atoms with Crippen molar-refractivity contribution in [2.24, 2.45) is 0 Å². The fourth-order valence-electron chi connectivity index (χ4n) is 3.71. The third kappa shape index (κ3) is 5.29. The molecule has 3 rings (SSSR count). The van der Waals surface area contributed by atoms with Crippen molar-refractivity contribution < 1.29 is 23.1 Å². The van der Waals surface area contributed by atoms with Gasteiger partial charge in [0, 0.05) is 45.3 Å². The normalized spacial score (nSPS) is 20.9. The van der Waals surface area contributed by atoms with E-state index in [4.69, 9.17) is 4.74 Å². The van der Waals surface area contributed by atoms with Crippen LogP contribution < -0.4 is 5.32 Å². The Hall–Kier alpha value is -2.10. The van der Waals surface area contributed by atoms with Crippen LogP contribution in [-0.4, -0.2) is 91.1 Å². The number of benzene rings is 1. The van der Waals surface area contributed by atoms with Gasteiger partial charge in [0.15, 0.2) is 0 Å². The summed E-state index contributed by atoms with van der Waals surface area (Å²) in [6.45, 7) is 8.67. The zero-order chi connectivity index (χ0) is 21.0. The first-order chi connectivity index (χ1) is 13.9. The van der Waals surface area contributed by atoms with Gasteiger partial charge in [-0.3, -0.25) is 19.4 Å². The maximum absolute atomic E-state index is 13.8. The lowest BCUT2D eigenvalue weighted by Gasteiger charge is -2.41. The van der Waals surface area contributed by atoms with Crippen molar-refractivity contribution in [2.75, 3.05) is 57.8 Å². The second kappa shape index (κ2) is 9.60. The number of nitrogens with zero attached hydrogens (tertiary/aromatic N) is 3. The minimum atomic E-state index is -0.800. The zero-order valence-electron chi connectivity index (χ0n) is 16.9. The molecule has 0 bridgehead atoms. The molecular formula is C20H28F2N4O3. The molecule has 2 fully saturated rings. The fraction of sp³-hybridized carbons (Fsp3) is 0.600. The highest BCUT2D eigenvalue weighted by molar-refractivity contribution is 5.94. The van der Waals surface area contributed by atoms with Gasteiger partial charge >= 0.3 is 0 Å². The molecule has 9 heteroatoms. The molecule has 2 aliphatic heterocycles. The van der Waals surface area contributed by atoms with E-state index in [2.05, 4.69) is 10.2 Å². The number of hydrogen-bond acceptors (Lipinski definition) is 5. The number of piperazine rings is 1. The molecule has 0 aromatic heterocycles. The van der Waals surface area contributed by atoms with Crippen LogP contribution in [0.3, 0.4) is 0 Å². The minimum Gasteiger partial charge on any atom is -0.378 e. The minimum absolute atomic E-state index is 0.0355. The van der Waals surface area contributed by atoms with Gasteiger partial charge < -0.3 is 15.0 Å². The quantitative estimate of drug-likeness (QED) is 0.789. The molecule has 2 aliphatic rings. The summed E-state index contributed by atoms with van der Waals surface area (Å²) in [6, 6.07) is 2.38. The van der Waals surface area contributed by atoms with Crippen LogP contribution in [0.4, 0.5) is 14.5 Å². The smallest absolute Gasteiger partial charge is 0.241 e. The lowest BCUT2D eigenvalue weighted by molar-refractivity contribution is -0.141. The van der Waals surface area contributed by atoms with Crippen molar-refractivity contribution in [3.8, 4) is 0 Å². The van der Waals surface area contributed by atoms with Gasteiger partial charge in [0.25, 0.3) is 0 Å². The van der Waals surface area contributed by atoms with Crippen molar-refractivity contribution in [1.82, 2.24) is 14.7 Å². The molecule has 1 aromatic carbocycles. The molecule has 1 aromatic rings. The highest BCUT2D eigenvalue weighted by Crippen LogP contribution is 2.17. The zero-order valence-corrected chi connectivity index (χ0v) is 16.9. The van der Waals surface area contributed by atoms with E-state index < -0.39 is 17.7 Å². The Morgan fingerprint density at radius 2 is 1.55 bits per heavy atom. The van der Waals surface area contributed by atoms with E-state index >= 15 is 0 Å². The first-order valence-corrected chi connectivity index (χ1v) is 9.97.